The molecule has 0 saturated carbocycles. The third kappa shape index (κ3) is 5.99. The van der Waals surface area contributed by atoms with E-state index in [4.69, 9.17) is 24.4 Å². The van der Waals surface area contributed by atoms with E-state index in [9.17, 15) is 9.59 Å². The van der Waals surface area contributed by atoms with E-state index < -0.39 is 0 Å². The van der Waals surface area contributed by atoms with Crippen LogP contribution in [0.15, 0.2) is 82.6 Å². The van der Waals surface area contributed by atoms with E-state index in [2.05, 4.69) is 0 Å². The first-order chi connectivity index (χ1) is 18.3. The van der Waals surface area contributed by atoms with E-state index in [0.29, 0.717) is 31.5 Å². The van der Waals surface area contributed by atoms with Crippen LogP contribution in [0.25, 0.3) is 12.2 Å². The minimum atomic E-state index is -0.0934. The summed E-state index contributed by atoms with van der Waals surface area (Å²) in [6, 6.07) is 23.9. The molecule has 4 nitrogen and oxygen atoms in total. The van der Waals surface area contributed by atoms with Crippen LogP contribution < -0.4 is 0 Å². The van der Waals surface area contributed by atoms with Crippen LogP contribution in [-0.2, 0) is 22.7 Å². The number of benzene rings is 3. The van der Waals surface area contributed by atoms with Crippen LogP contribution in [0.3, 0.4) is 0 Å². The predicted molar refractivity (Wildman–Crippen MR) is 166 cm³/mol. The minimum absolute atomic E-state index is 0.0934. The van der Waals surface area contributed by atoms with Crippen molar-refractivity contribution in [2.24, 2.45) is 0 Å². The molecule has 2 aliphatic rings. The van der Waals surface area contributed by atoms with Crippen molar-refractivity contribution in [1.29, 1.82) is 0 Å². The topological polar surface area (TPSA) is 40.6 Å². The van der Waals surface area contributed by atoms with Crippen molar-refractivity contribution in [2.75, 3.05) is 0 Å². The zero-order chi connectivity index (χ0) is 26.8. The van der Waals surface area contributed by atoms with Gasteiger partial charge in [0.2, 0.25) is 0 Å². The summed E-state index contributed by atoms with van der Waals surface area (Å²) in [6.45, 7) is 4.81. The molecule has 0 atom stereocenters. The van der Waals surface area contributed by atoms with E-state index in [1.165, 1.54) is 34.7 Å². The fourth-order valence-electron chi connectivity index (χ4n) is 4.09. The molecule has 38 heavy (non-hydrogen) atoms. The normalized spacial score (nSPS) is 17.9. The predicted octanol–water partition coefficient (Wildman–Crippen LogP) is 7.11. The molecule has 0 bridgehead atoms. The lowest BCUT2D eigenvalue weighted by Crippen LogP contribution is -2.28. The Labute approximate surface area is 241 Å². The van der Waals surface area contributed by atoms with Crippen molar-refractivity contribution in [3.63, 3.8) is 0 Å². The molecule has 8 heteroatoms. The van der Waals surface area contributed by atoms with Gasteiger partial charge in [-0.25, -0.2) is 0 Å². The number of carbonyl (C=O) groups excluding carboxylic acids is 2. The van der Waals surface area contributed by atoms with E-state index in [1.807, 2.05) is 98.8 Å². The number of hydrogen-bond acceptors (Lipinski definition) is 6. The van der Waals surface area contributed by atoms with Gasteiger partial charge in [-0.15, -0.1) is 0 Å². The van der Waals surface area contributed by atoms with Crippen molar-refractivity contribution >= 4 is 80.6 Å². The van der Waals surface area contributed by atoms with Crippen LogP contribution in [0, 0.1) is 13.8 Å². The van der Waals surface area contributed by atoms with Gasteiger partial charge in [0, 0.05) is 0 Å². The number of thioether (sulfide) groups is 2. The molecular formula is C30H24N2O2S4. The van der Waals surface area contributed by atoms with Crippen LogP contribution in [0.2, 0.25) is 0 Å². The third-order valence-electron chi connectivity index (χ3n) is 6.17. The maximum atomic E-state index is 13.1. The summed E-state index contributed by atoms with van der Waals surface area (Å²) in [5.74, 6) is -0.187. The maximum Gasteiger partial charge on any atom is 0.266 e. The highest BCUT2D eigenvalue weighted by Gasteiger charge is 2.33. The smallest absolute Gasteiger partial charge is 0.266 e. The van der Waals surface area contributed by atoms with Gasteiger partial charge in [-0.2, -0.15) is 0 Å². The van der Waals surface area contributed by atoms with Gasteiger partial charge >= 0.3 is 0 Å². The minimum Gasteiger partial charge on any atom is -0.288 e. The Kier molecular flexibility index (Phi) is 7.95. The number of carbonyl (C=O) groups is 2. The number of nitrogens with zero attached hydrogens (tertiary/aromatic N) is 2. The molecule has 190 valence electrons. The van der Waals surface area contributed by atoms with Gasteiger partial charge in [-0.3, -0.25) is 19.4 Å². The van der Waals surface area contributed by atoms with Crippen molar-refractivity contribution in [2.45, 2.75) is 26.9 Å². The van der Waals surface area contributed by atoms with Crippen LogP contribution in [-0.4, -0.2) is 30.3 Å². The lowest BCUT2D eigenvalue weighted by atomic mass is 10.1. The van der Waals surface area contributed by atoms with E-state index in [0.717, 1.165) is 22.3 Å². The lowest BCUT2D eigenvalue weighted by molar-refractivity contribution is -0.123. The number of aryl methyl sites for hydroxylation is 2. The third-order valence-corrected chi connectivity index (χ3v) is 8.93. The average molecular weight is 573 g/mol. The SMILES string of the molecule is Cc1ccc(/C=C2\SC(=S)N(Cc3cccc(CN4C(=O)/C(=C/c5ccc(C)cc5)SC4=S)c3)C2=O)cc1. The molecule has 3 aromatic carbocycles. The van der Waals surface area contributed by atoms with Crippen molar-refractivity contribution in [3.05, 3.63) is 116 Å². The molecule has 0 aliphatic carbocycles. The summed E-state index contributed by atoms with van der Waals surface area (Å²) in [4.78, 5) is 30.7. The van der Waals surface area contributed by atoms with Crippen LogP contribution in [0.5, 0.6) is 0 Å². The zero-order valence-electron chi connectivity index (χ0n) is 20.8. The Morgan fingerprint density at radius 2 is 1.05 bits per heavy atom. The molecule has 2 saturated heterocycles. The van der Waals surface area contributed by atoms with Gasteiger partial charge in [-0.05, 0) is 48.3 Å². The highest BCUT2D eigenvalue weighted by molar-refractivity contribution is 8.27. The first-order valence-electron chi connectivity index (χ1n) is 12.0. The van der Waals surface area contributed by atoms with Gasteiger partial charge in [0.1, 0.15) is 8.64 Å². The van der Waals surface area contributed by atoms with Gasteiger partial charge in [0.25, 0.3) is 11.8 Å². The second kappa shape index (κ2) is 11.4. The fourth-order valence-corrected chi connectivity index (χ4v) is 6.60. The first kappa shape index (κ1) is 26.6. The summed E-state index contributed by atoms with van der Waals surface area (Å²) in [5, 5.41) is 0. The van der Waals surface area contributed by atoms with Crippen LogP contribution in [0.4, 0.5) is 0 Å². The summed E-state index contributed by atoms with van der Waals surface area (Å²) < 4.78 is 1.08. The van der Waals surface area contributed by atoms with E-state index >= 15 is 0 Å². The molecule has 3 aromatic rings. The summed E-state index contributed by atoms with van der Waals surface area (Å²) in [7, 11) is 0. The van der Waals surface area contributed by atoms with Crippen molar-refractivity contribution < 1.29 is 9.59 Å². The second-order valence-corrected chi connectivity index (χ2v) is 12.5. The second-order valence-electron chi connectivity index (χ2n) is 9.18. The average Bonchev–Trinajstić information content (AvgIpc) is 3.31. The number of hydrogen-bond donors (Lipinski definition) is 0. The Balaban J connectivity index is 1.28. The summed E-state index contributed by atoms with van der Waals surface area (Å²) >= 11 is 13.7. The number of thiocarbonyl (C=S) groups is 2. The molecule has 0 spiro atoms. The molecule has 0 unspecified atom stereocenters. The largest absolute Gasteiger partial charge is 0.288 e. The van der Waals surface area contributed by atoms with Gasteiger partial charge in [0.15, 0.2) is 0 Å². The Hall–Kier alpha value is -3.04. The highest BCUT2D eigenvalue weighted by Crippen LogP contribution is 2.35. The fraction of sp³-hybridized carbons (Fsp3) is 0.133. The molecular weight excluding hydrogens is 549 g/mol. The molecule has 2 aliphatic heterocycles. The highest BCUT2D eigenvalue weighted by atomic mass is 32.2. The molecule has 5 rings (SSSR count). The maximum absolute atomic E-state index is 13.1. The molecule has 0 N–H and O–H groups in total. The lowest BCUT2D eigenvalue weighted by Gasteiger charge is -2.17. The van der Waals surface area contributed by atoms with Gasteiger partial charge < -0.3 is 0 Å². The van der Waals surface area contributed by atoms with Crippen molar-refractivity contribution in [3.8, 4) is 0 Å². The van der Waals surface area contributed by atoms with Crippen molar-refractivity contribution in [1.82, 2.24) is 9.80 Å². The van der Waals surface area contributed by atoms with E-state index in [1.54, 1.807) is 9.80 Å². The number of amides is 2. The van der Waals surface area contributed by atoms with Crippen LogP contribution in [0.1, 0.15) is 33.4 Å². The summed E-state index contributed by atoms with van der Waals surface area (Å²) in [6.07, 6.45) is 3.77. The standard InChI is InChI=1S/C30H24N2O2S4/c1-19-6-10-21(11-7-19)15-25-27(33)31(29(35)37-25)17-23-4-3-5-24(14-23)18-32-28(34)26(38-30(32)36)16-22-12-8-20(2)9-13-22/h3-16H,17-18H2,1-2H3/b25-15-,26-16-. The van der Waals surface area contributed by atoms with Gasteiger partial charge in [-0.1, -0.05) is 132 Å². The van der Waals surface area contributed by atoms with Crippen LogP contribution >= 0.6 is 48.0 Å². The molecule has 0 aromatic heterocycles. The Morgan fingerprint density at radius 3 is 1.45 bits per heavy atom. The Bertz CT molecular complexity index is 1400. The quantitative estimate of drug-likeness (QED) is 0.232. The molecule has 2 heterocycles. The monoisotopic (exact) mass is 572 g/mol. The molecule has 2 fully saturated rings. The Morgan fingerprint density at radius 1 is 0.658 bits per heavy atom. The first-order valence-corrected chi connectivity index (χ1v) is 14.4. The number of rotatable bonds is 6. The van der Waals surface area contributed by atoms with Gasteiger partial charge in [0.05, 0.1) is 22.9 Å². The molecule has 0 radical (unpaired) electrons. The zero-order valence-corrected chi connectivity index (χ0v) is 24.1. The molecule has 2 amide bonds. The van der Waals surface area contributed by atoms with E-state index in [-0.39, 0.29) is 11.8 Å². The summed E-state index contributed by atoms with van der Waals surface area (Å²) in [5.41, 5.74) is 6.16.